The Bertz CT molecular complexity index is 488. The van der Waals surface area contributed by atoms with Gasteiger partial charge >= 0.3 is 0 Å². The Balaban J connectivity index is 2.24. The Morgan fingerprint density at radius 1 is 1.00 bits per heavy atom. The molecule has 0 saturated heterocycles. The van der Waals surface area contributed by atoms with Gasteiger partial charge in [0.05, 0.1) is 6.04 Å². The largest absolute Gasteiger partial charge is 0.374 e. The molecule has 1 heteroatoms. The number of para-hydroxylation sites is 1. The molecule has 2 rings (SSSR count). The Hall–Kier alpha value is -2.02. The molecule has 0 heterocycles. The molecule has 1 nitrogen and oxygen atoms in total. The number of anilines is 1. The van der Waals surface area contributed by atoms with Gasteiger partial charge in [0, 0.05) is 5.69 Å². The molecule has 0 aliphatic rings. The lowest BCUT2D eigenvalue weighted by Crippen LogP contribution is -2.12. The average Bonchev–Trinajstić information content (AvgIpc) is 2.46. The van der Waals surface area contributed by atoms with Gasteiger partial charge in [-0.2, -0.15) is 0 Å². The summed E-state index contributed by atoms with van der Waals surface area (Å²) in [5.74, 6) is 0. The van der Waals surface area contributed by atoms with Crippen molar-refractivity contribution in [1.82, 2.24) is 0 Å². The molecule has 2 aromatic rings. The quantitative estimate of drug-likeness (QED) is 0.736. The van der Waals surface area contributed by atoms with E-state index in [-0.39, 0.29) is 6.04 Å². The first kappa shape index (κ1) is 12.4. The lowest BCUT2D eigenvalue weighted by Gasteiger charge is -2.22. The molecule has 0 spiro atoms. The van der Waals surface area contributed by atoms with E-state index in [0.29, 0.717) is 0 Å². The fourth-order valence-corrected chi connectivity index (χ4v) is 1.97. The molecule has 0 aliphatic carbocycles. The van der Waals surface area contributed by atoms with Gasteiger partial charge in [-0.1, -0.05) is 67.6 Å². The van der Waals surface area contributed by atoms with E-state index in [1.165, 1.54) is 11.1 Å². The summed E-state index contributed by atoms with van der Waals surface area (Å²) in [5.41, 5.74) is 3.58. The maximum absolute atomic E-state index is 4.18. The van der Waals surface area contributed by atoms with Crippen molar-refractivity contribution in [2.45, 2.75) is 19.4 Å². The van der Waals surface area contributed by atoms with Crippen molar-refractivity contribution in [3.63, 3.8) is 0 Å². The molecule has 0 radical (unpaired) electrons. The van der Waals surface area contributed by atoms with Crippen LogP contribution in [0, 0.1) is 0 Å². The van der Waals surface area contributed by atoms with Crippen molar-refractivity contribution in [2.24, 2.45) is 0 Å². The Kier molecular flexibility index (Phi) is 4.19. The van der Waals surface area contributed by atoms with Crippen LogP contribution in [0.3, 0.4) is 0 Å². The number of hydrogen-bond acceptors (Lipinski definition) is 1. The zero-order chi connectivity index (χ0) is 12.8. The topological polar surface area (TPSA) is 12.0 Å². The second-order valence-corrected chi connectivity index (χ2v) is 4.37. The molecule has 0 aromatic heterocycles. The van der Waals surface area contributed by atoms with Gasteiger partial charge in [-0.3, -0.25) is 0 Å². The first-order valence-electron chi connectivity index (χ1n) is 6.35. The average molecular weight is 237 g/mol. The predicted octanol–water partition coefficient (Wildman–Crippen LogP) is 4.81. The highest BCUT2D eigenvalue weighted by atomic mass is 14.9. The summed E-state index contributed by atoms with van der Waals surface area (Å²) in [6.07, 6.45) is 0.972. The molecule has 0 bridgehead atoms. The minimum atomic E-state index is 0.179. The van der Waals surface area contributed by atoms with Gasteiger partial charge in [-0.05, 0) is 24.1 Å². The maximum Gasteiger partial charge on any atom is 0.0724 e. The lowest BCUT2D eigenvalue weighted by molar-refractivity contribution is 0.858. The molecule has 1 unspecified atom stereocenters. The summed E-state index contributed by atoms with van der Waals surface area (Å²) < 4.78 is 0. The highest BCUT2D eigenvalue weighted by Crippen LogP contribution is 2.26. The van der Waals surface area contributed by atoms with Crippen LogP contribution in [0.1, 0.15) is 24.9 Å². The smallest absolute Gasteiger partial charge is 0.0724 e. The van der Waals surface area contributed by atoms with Crippen molar-refractivity contribution in [1.29, 1.82) is 0 Å². The van der Waals surface area contributed by atoms with Crippen LogP contribution < -0.4 is 5.32 Å². The van der Waals surface area contributed by atoms with E-state index in [2.05, 4.69) is 55.2 Å². The lowest BCUT2D eigenvalue weighted by atomic mass is 9.98. The van der Waals surface area contributed by atoms with Gasteiger partial charge < -0.3 is 5.32 Å². The van der Waals surface area contributed by atoms with Crippen LogP contribution in [0.4, 0.5) is 5.69 Å². The third-order valence-corrected chi connectivity index (χ3v) is 3.08. The van der Waals surface area contributed by atoms with Crippen LogP contribution in [0.5, 0.6) is 0 Å². The zero-order valence-electron chi connectivity index (χ0n) is 10.8. The molecule has 1 atom stereocenters. The van der Waals surface area contributed by atoms with Gasteiger partial charge in [0.25, 0.3) is 0 Å². The van der Waals surface area contributed by atoms with E-state index in [1.807, 2.05) is 24.3 Å². The van der Waals surface area contributed by atoms with Gasteiger partial charge in [-0.25, -0.2) is 0 Å². The second-order valence-electron chi connectivity index (χ2n) is 4.37. The van der Waals surface area contributed by atoms with Crippen LogP contribution in [0.15, 0.2) is 72.8 Å². The first-order valence-corrected chi connectivity index (χ1v) is 6.35. The summed E-state index contributed by atoms with van der Waals surface area (Å²) in [4.78, 5) is 0. The van der Waals surface area contributed by atoms with E-state index in [1.54, 1.807) is 0 Å². The Morgan fingerprint density at radius 3 is 2.11 bits per heavy atom. The van der Waals surface area contributed by atoms with Crippen molar-refractivity contribution in [3.8, 4) is 0 Å². The minimum absolute atomic E-state index is 0.179. The van der Waals surface area contributed by atoms with E-state index < -0.39 is 0 Å². The van der Waals surface area contributed by atoms with Crippen molar-refractivity contribution in [2.75, 3.05) is 5.32 Å². The molecule has 0 saturated carbocycles. The third kappa shape index (κ3) is 3.01. The highest BCUT2D eigenvalue weighted by molar-refractivity contribution is 5.47. The summed E-state index contributed by atoms with van der Waals surface area (Å²) in [6.45, 7) is 6.33. The van der Waals surface area contributed by atoms with Crippen molar-refractivity contribution >= 4 is 5.69 Å². The summed E-state index contributed by atoms with van der Waals surface area (Å²) in [5, 5.41) is 3.55. The molecule has 18 heavy (non-hydrogen) atoms. The molecule has 0 amide bonds. The number of rotatable bonds is 5. The van der Waals surface area contributed by atoms with Crippen LogP contribution in [0.25, 0.3) is 0 Å². The fourth-order valence-electron chi connectivity index (χ4n) is 1.97. The van der Waals surface area contributed by atoms with Gasteiger partial charge in [0.2, 0.25) is 0 Å². The number of benzene rings is 2. The summed E-state index contributed by atoms with van der Waals surface area (Å²) >= 11 is 0. The van der Waals surface area contributed by atoms with Gasteiger partial charge in [0.15, 0.2) is 0 Å². The van der Waals surface area contributed by atoms with Crippen LogP contribution in [-0.2, 0) is 0 Å². The van der Waals surface area contributed by atoms with Crippen molar-refractivity contribution in [3.05, 3.63) is 78.4 Å². The van der Waals surface area contributed by atoms with Crippen LogP contribution >= 0.6 is 0 Å². The third-order valence-electron chi connectivity index (χ3n) is 3.08. The normalized spacial score (nSPS) is 11.8. The summed E-state index contributed by atoms with van der Waals surface area (Å²) in [7, 11) is 0. The van der Waals surface area contributed by atoms with E-state index in [0.717, 1.165) is 12.1 Å². The SMILES string of the molecule is C=C(CC)C(Nc1ccccc1)c1ccccc1. The minimum Gasteiger partial charge on any atom is -0.374 e. The Morgan fingerprint density at radius 2 is 1.56 bits per heavy atom. The maximum atomic E-state index is 4.18. The first-order chi connectivity index (χ1) is 8.81. The number of nitrogens with one attached hydrogen (secondary N) is 1. The highest BCUT2D eigenvalue weighted by Gasteiger charge is 2.13. The second kappa shape index (κ2) is 6.06. The van der Waals surface area contributed by atoms with E-state index in [9.17, 15) is 0 Å². The molecule has 2 aromatic carbocycles. The van der Waals surface area contributed by atoms with E-state index in [4.69, 9.17) is 0 Å². The monoisotopic (exact) mass is 237 g/mol. The molecule has 0 fully saturated rings. The van der Waals surface area contributed by atoms with Gasteiger partial charge in [-0.15, -0.1) is 0 Å². The fraction of sp³-hybridized carbons (Fsp3) is 0.176. The molecular formula is C17H19N. The predicted molar refractivity (Wildman–Crippen MR) is 78.7 cm³/mol. The molecule has 1 N–H and O–H groups in total. The zero-order valence-corrected chi connectivity index (χ0v) is 10.8. The standard InChI is InChI=1S/C17H19N/c1-3-14(2)17(15-10-6-4-7-11-15)18-16-12-8-5-9-13-16/h4-13,17-18H,2-3H2,1H3. The van der Waals surface area contributed by atoms with Crippen LogP contribution in [0.2, 0.25) is 0 Å². The Labute approximate surface area is 109 Å². The number of hydrogen-bond donors (Lipinski definition) is 1. The van der Waals surface area contributed by atoms with Gasteiger partial charge in [0.1, 0.15) is 0 Å². The molecular weight excluding hydrogens is 218 g/mol. The van der Waals surface area contributed by atoms with Crippen LogP contribution in [-0.4, -0.2) is 0 Å². The van der Waals surface area contributed by atoms with E-state index >= 15 is 0 Å². The molecule has 0 aliphatic heterocycles. The van der Waals surface area contributed by atoms with Crippen molar-refractivity contribution < 1.29 is 0 Å². The molecule has 92 valence electrons. The summed E-state index contributed by atoms with van der Waals surface area (Å²) in [6, 6.07) is 20.9.